The number of aliphatic hydroxyl groups is 1. The fourth-order valence-corrected chi connectivity index (χ4v) is 1.96. The second kappa shape index (κ2) is 7.26. The Bertz CT molecular complexity index is 532. The van der Waals surface area contributed by atoms with Crippen LogP contribution in [0.4, 0.5) is 10.5 Å². The van der Waals surface area contributed by atoms with Crippen molar-refractivity contribution in [2.45, 2.75) is 27.2 Å². The number of amides is 2. The van der Waals surface area contributed by atoms with Crippen molar-refractivity contribution in [3.8, 4) is 0 Å². The molecule has 1 rings (SSSR count). The summed E-state index contributed by atoms with van der Waals surface area (Å²) in [5, 5.41) is 11.7. The molecule has 118 valence electrons. The van der Waals surface area contributed by atoms with E-state index in [-0.39, 0.29) is 23.6 Å². The van der Waals surface area contributed by atoms with Gasteiger partial charge in [-0.1, -0.05) is 20.8 Å². The van der Waals surface area contributed by atoms with E-state index in [2.05, 4.69) is 26.1 Å². The van der Waals surface area contributed by atoms with Crippen LogP contribution in [0.15, 0.2) is 23.1 Å². The van der Waals surface area contributed by atoms with E-state index in [0.29, 0.717) is 25.2 Å². The average molecular weight is 295 g/mol. The van der Waals surface area contributed by atoms with Crippen LogP contribution in [0.3, 0.4) is 0 Å². The van der Waals surface area contributed by atoms with E-state index in [1.165, 1.54) is 10.6 Å². The van der Waals surface area contributed by atoms with Crippen molar-refractivity contribution in [2.75, 3.05) is 25.0 Å². The fourth-order valence-electron chi connectivity index (χ4n) is 1.96. The number of nitrogens with one attached hydrogen (secondary N) is 1. The lowest BCUT2D eigenvalue weighted by molar-refractivity contribution is 0.176. The number of carbonyl (C=O) groups is 1. The van der Waals surface area contributed by atoms with E-state index in [1.807, 2.05) is 0 Å². The highest BCUT2D eigenvalue weighted by atomic mass is 16.3. The Morgan fingerprint density at radius 2 is 2.05 bits per heavy atom. The van der Waals surface area contributed by atoms with Crippen molar-refractivity contribution in [2.24, 2.45) is 12.5 Å². The lowest BCUT2D eigenvalue weighted by atomic mass is 9.96. The SMILES string of the molecule is Cn1cc(NC(=O)N(CCCO)CC(C)(C)C)ccc1=O. The molecule has 0 aliphatic rings. The van der Waals surface area contributed by atoms with E-state index < -0.39 is 0 Å². The molecule has 0 aromatic carbocycles. The molecule has 2 amide bonds. The molecule has 0 spiro atoms. The standard InChI is InChI=1S/C15H25N3O3/c1-15(2,3)11-18(8-5-9-19)14(21)16-12-6-7-13(20)17(4)10-12/h6-7,10,19H,5,8-9,11H2,1-4H3,(H,16,21). The highest BCUT2D eigenvalue weighted by Crippen LogP contribution is 2.16. The highest BCUT2D eigenvalue weighted by Gasteiger charge is 2.20. The Labute approximate surface area is 125 Å². The van der Waals surface area contributed by atoms with Gasteiger partial charge in [0.15, 0.2) is 0 Å². The van der Waals surface area contributed by atoms with Crippen LogP contribution in [-0.2, 0) is 7.05 Å². The number of pyridine rings is 1. The molecule has 1 aromatic heterocycles. The van der Waals surface area contributed by atoms with Crippen LogP contribution in [0.2, 0.25) is 0 Å². The van der Waals surface area contributed by atoms with Crippen molar-refractivity contribution in [3.05, 3.63) is 28.7 Å². The normalized spacial score (nSPS) is 11.3. The zero-order valence-electron chi connectivity index (χ0n) is 13.2. The number of urea groups is 1. The highest BCUT2D eigenvalue weighted by molar-refractivity contribution is 5.89. The lowest BCUT2D eigenvalue weighted by Crippen LogP contribution is -2.41. The molecule has 0 bridgehead atoms. The third-order valence-corrected chi connectivity index (χ3v) is 2.88. The Kier molecular flexibility index (Phi) is 5.96. The summed E-state index contributed by atoms with van der Waals surface area (Å²) in [5.74, 6) is 0. The first-order valence-electron chi connectivity index (χ1n) is 7.06. The van der Waals surface area contributed by atoms with E-state index >= 15 is 0 Å². The maximum absolute atomic E-state index is 12.3. The first-order chi connectivity index (χ1) is 9.73. The number of rotatable bonds is 5. The summed E-state index contributed by atoms with van der Waals surface area (Å²) in [6, 6.07) is 2.77. The minimum atomic E-state index is -0.225. The van der Waals surface area contributed by atoms with Crippen LogP contribution in [0, 0.1) is 5.41 Å². The van der Waals surface area contributed by atoms with Gasteiger partial charge in [-0.15, -0.1) is 0 Å². The summed E-state index contributed by atoms with van der Waals surface area (Å²) in [4.78, 5) is 25.4. The van der Waals surface area contributed by atoms with Gasteiger partial charge in [-0.25, -0.2) is 4.79 Å². The second-order valence-corrected chi connectivity index (χ2v) is 6.36. The molecular formula is C15H25N3O3. The Hall–Kier alpha value is -1.82. The van der Waals surface area contributed by atoms with Crippen LogP contribution >= 0.6 is 0 Å². The van der Waals surface area contributed by atoms with Crippen LogP contribution in [0.1, 0.15) is 27.2 Å². The first kappa shape index (κ1) is 17.2. The van der Waals surface area contributed by atoms with Crippen LogP contribution in [-0.4, -0.2) is 40.3 Å². The van der Waals surface area contributed by atoms with E-state index in [9.17, 15) is 9.59 Å². The Morgan fingerprint density at radius 1 is 1.38 bits per heavy atom. The third-order valence-electron chi connectivity index (χ3n) is 2.88. The number of aromatic nitrogens is 1. The van der Waals surface area contributed by atoms with E-state index in [1.54, 1.807) is 24.2 Å². The van der Waals surface area contributed by atoms with Gasteiger partial charge in [-0.05, 0) is 17.9 Å². The Morgan fingerprint density at radius 3 is 2.57 bits per heavy atom. The molecule has 1 aromatic rings. The molecule has 2 N–H and O–H groups in total. The lowest BCUT2D eigenvalue weighted by Gasteiger charge is -2.30. The van der Waals surface area contributed by atoms with Crippen molar-refractivity contribution in [1.82, 2.24) is 9.47 Å². The molecule has 0 fully saturated rings. The predicted octanol–water partition coefficient (Wildman–Crippen LogP) is 1.65. The van der Waals surface area contributed by atoms with Crippen LogP contribution in [0.5, 0.6) is 0 Å². The summed E-state index contributed by atoms with van der Waals surface area (Å²) in [5.41, 5.74) is 0.418. The van der Waals surface area contributed by atoms with Gasteiger partial charge in [0.05, 0.1) is 5.69 Å². The van der Waals surface area contributed by atoms with E-state index in [0.717, 1.165) is 0 Å². The zero-order valence-corrected chi connectivity index (χ0v) is 13.2. The number of anilines is 1. The Balaban J connectivity index is 2.79. The van der Waals surface area contributed by atoms with Gasteiger partial charge in [0.25, 0.3) is 0 Å². The maximum atomic E-state index is 12.3. The smallest absolute Gasteiger partial charge is 0.321 e. The molecule has 0 saturated heterocycles. The summed E-state index contributed by atoms with van der Waals surface area (Å²) < 4.78 is 1.41. The van der Waals surface area contributed by atoms with Gasteiger partial charge >= 0.3 is 6.03 Å². The molecule has 0 atom stereocenters. The van der Waals surface area contributed by atoms with Gasteiger partial charge in [-0.3, -0.25) is 4.79 Å². The molecule has 0 aliphatic carbocycles. The minimum Gasteiger partial charge on any atom is -0.396 e. The van der Waals surface area contributed by atoms with Gasteiger partial charge in [-0.2, -0.15) is 0 Å². The van der Waals surface area contributed by atoms with Crippen molar-refractivity contribution >= 4 is 11.7 Å². The number of carbonyl (C=O) groups excluding carboxylic acids is 1. The van der Waals surface area contributed by atoms with Gasteiger partial charge in [0.2, 0.25) is 5.56 Å². The molecule has 0 radical (unpaired) electrons. The summed E-state index contributed by atoms with van der Waals surface area (Å²) >= 11 is 0. The minimum absolute atomic E-state index is 0.0314. The molecule has 0 unspecified atom stereocenters. The molecule has 21 heavy (non-hydrogen) atoms. The molecule has 1 heterocycles. The maximum Gasteiger partial charge on any atom is 0.321 e. The number of aryl methyl sites for hydroxylation is 1. The number of aliphatic hydroxyl groups excluding tert-OH is 1. The monoisotopic (exact) mass is 295 g/mol. The van der Waals surface area contributed by atoms with Gasteiger partial charge in [0.1, 0.15) is 0 Å². The van der Waals surface area contributed by atoms with Crippen LogP contribution in [0.25, 0.3) is 0 Å². The number of hydrogen-bond acceptors (Lipinski definition) is 3. The number of nitrogens with zero attached hydrogens (tertiary/aromatic N) is 2. The number of hydrogen-bond donors (Lipinski definition) is 2. The first-order valence-corrected chi connectivity index (χ1v) is 7.06. The molecular weight excluding hydrogens is 270 g/mol. The van der Waals surface area contributed by atoms with Gasteiger partial charge < -0.3 is 19.9 Å². The topological polar surface area (TPSA) is 74.6 Å². The van der Waals surface area contributed by atoms with Crippen molar-refractivity contribution in [3.63, 3.8) is 0 Å². The third kappa shape index (κ3) is 5.99. The largest absolute Gasteiger partial charge is 0.396 e. The molecule has 0 saturated carbocycles. The zero-order chi connectivity index (χ0) is 16.0. The van der Waals surface area contributed by atoms with Crippen molar-refractivity contribution in [1.29, 1.82) is 0 Å². The van der Waals surface area contributed by atoms with Gasteiger partial charge in [0, 0.05) is 39.0 Å². The molecule has 0 aliphatic heterocycles. The van der Waals surface area contributed by atoms with E-state index in [4.69, 9.17) is 5.11 Å². The second-order valence-electron chi connectivity index (χ2n) is 6.36. The average Bonchev–Trinajstić information content (AvgIpc) is 2.37. The predicted molar refractivity (Wildman–Crippen MR) is 83.4 cm³/mol. The fraction of sp³-hybridized carbons (Fsp3) is 0.600. The molecule has 6 nitrogen and oxygen atoms in total. The van der Waals surface area contributed by atoms with Crippen molar-refractivity contribution < 1.29 is 9.90 Å². The van der Waals surface area contributed by atoms with Crippen LogP contribution < -0.4 is 10.9 Å². The summed E-state index contributed by atoms with van der Waals surface area (Å²) in [6.07, 6.45) is 2.12. The summed E-state index contributed by atoms with van der Waals surface area (Å²) in [7, 11) is 1.64. The molecule has 6 heteroatoms. The summed E-state index contributed by atoms with van der Waals surface area (Å²) in [6.45, 7) is 7.29. The quantitative estimate of drug-likeness (QED) is 0.867.